The third-order valence-corrected chi connectivity index (χ3v) is 6.60. The first-order valence-electron chi connectivity index (χ1n) is 6.47. The van der Waals surface area contributed by atoms with Crippen LogP contribution in [-0.4, -0.2) is 37.2 Å². The van der Waals surface area contributed by atoms with E-state index < -0.39 is 20.7 Å². The molecular formula is C12H23NO3S. The van der Waals surface area contributed by atoms with E-state index in [0.717, 1.165) is 32.1 Å². The largest absolute Gasteiger partial charge is 0.388 e. The Hall–Kier alpha value is -0.130. The van der Waals surface area contributed by atoms with Gasteiger partial charge in [0.2, 0.25) is 0 Å². The van der Waals surface area contributed by atoms with E-state index in [9.17, 15) is 13.5 Å². The van der Waals surface area contributed by atoms with Crippen molar-refractivity contribution in [1.29, 1.82) is 0 Å². The molecule has 4 nitrogen and oxygen atoms in total. The third kappa shape index (κ3) is 1.92. The van der Waals surface area contributed by atoms with Crippen LogP contribution in [-0.2, 0) is 9.84 Å². The molecule has 2 rings (SSSR count). The summed E-state index contributed by atoms with van der Waals surface area (Å²) in [6.07, 6.45) is 7.03. The van der Waals surface area contributed by atoms with Crippen LogP contribution < -0.4 is 5.73 Å². The zero-order chi connectivity index (χ0) is 12.7. The molecule has 2 aliphatic carbocycles. The summed E-state index contributed by atoms with van der Waals surface area (Å²) in [4.78, 5) is 0. The Morgan fingerprint density at radius 3 is 2.29 bits per heavy atom. The van der Waals surface area contributed by atoms with Crippen molar-refractivity contribution in [1.82, 2.24) is 0 Å². The molecule has 0 amide bonds. The van der Waals surface area contributed by atoms with Crippen molar-refractivity contribution < 1.29 is 13.5 Å². The molecule has 0 radical (unpaired) electrons. The molecule has 2 saturated carbocycles. The Morgan fingerprint density at radius 1 is 1.24 bits per heavy atom. The van der Waals surface area contributed by atoms with E-state index in [1.54, 1.807) is 0 Å². The summed E-state index contributed by atoms with van der Waals surface area (Å²) in [7, 11) is -3.20. The van der Waals surface area contributed by atoms with Gasteiger partial charge in [-0.25, -0.2) is 8.42 Å². The fourth-order valence-corrected chi connectivity index (χ4v) is 5.67. The van der Waals surface area contributed by atoms with Gasteiger partial charge in [-0.1, -0.05) is 12.8 Å². The normalized spacial score (nSPS) is 37.5. The molecule has 2 fully saturated rings. The summed E-state index contributed by atoms with van der Waals surface area (Å²) in [6, 6.07) is 0. The number of aliphatic hydroxyl groups is 1. The molecule has 2 aliphatic rings. The Kier molecular flexibility index (Phi) is 3.30. The van der Waals surface area contributed by atoms with Gasteiger partial charge >= 0.3 is 0 Å². The van der Waals surface area contributed by atoms with Crippen LogP contribution in [0.15, 0.2) is 0 Å². The minimum Gasteiger partial charge on any atom is -0.388 e. The van der Waals surface area contributed by atoms with Crippen molar-refractivity contribution in [3.63, 3.8) is 0 Å². The highest BCUT2D eigenvalue weighted by Crippen LogP contribution is 2.54. The van der Waals surface area contributed by atoms with Crippen LogP contribution in [0.1, 0.15) is 44.9 Å². The lowest BCUT2D eigenvalue weighted by atomic mass is 9.69. The maximum Gasteiger partial charge on any atom is 0.153 e. The van der Waals surface area contributed by atoms with Crippen LogP contribution in [0.4, 0.5) is 0 Å². The number of nitrogens with two attached hydrogens (primary N) is 1. The van der Waals surface area contributed by atoms with Gasteiger partial charge in [-0.15, -0.1) is 0 Å². The highest BCUT2D eigenvalue weighted by atomic mass is 32.2. The second kappa shape index (κ2) is 4.21. The lowest BCUT2D eigenvalue weighted by Crippen LogP contribution is -2.57. The highest BCUT2D eigenvalue weighted by molar-refractivity contribution is 7.91. The molecule has 3 N–H and O–H groups in total. The van der Waals surface area contributed by atoms with Crippen LogP contribution in [0, 0.1) is 5.41 Å². The Labute approximate surface area is 104 Å². The van der Waals surface area contributed by atoms with Crippen molar-refractivity contribution in [3.05, 3.63) is 0 Å². The molecule has 0 aromatic carbocycles. The van der Waals surface area contributed by atoms with Crippen molar-refractivity contribution in [2.24, 2.45) is 11.1 Å². The monoisotopic (exact) mass is 261 g/mol. The van der Waals surface area contributed by atoms with Gasteiger partial charge < -0.3 is 10.8 Å². The molecule has 0 spiro atoms. The van der Waals surface area contributed by atoms with E-state index in [4.69, 9.17) is 5.73 Å². The van der Waals surface area contributed by atoms with E-state index in [0.29, 0.717) is 19.4 Å². The van der Waals surface area contributed by atoms with Gasteiger partial charge in [0.25, 0.3) is 0 Å². The summed E-state index contributed by atoms with van der Waals surface area (Å²) in [5, 5.41) is 10.4. The fourth-order valence-electron chi connectivity index (χ4n) is 4.00. The van der Waals surface area contributed by atoms with Crippen molar-refractivity contribution in [2.75, 3.05) is 12.8 Å². The minimum atomic E-state index is -3.20. The van der Waals surface area contributed by atoms with Crippen molar-refractivity contribution in [3.8, 4) is 0 Å². The summed E-state index contributed by atoms with van der Waals surface area (Å²) in [5.41, 5.74) is 4.43. The number of hydrogen-bond donors (Lipinski definition) is 2. The summed E-state index contributed by atoms with van der Waals surface area (Å²) < 4.78 is 23.7. The molecule has 100 valence electrons. The topological polar surface area (TPSA) is 80.4 Å². The highest BCUT2D eigenvalue weighted by Gasteiger charge is 2.59. The Bertz CT molecular complexity index is 387. The van der Waals surface area contributed by atoms with E-state index in [1.807, 2.05) is 0 Å². The first kappa shape index (κ1) is 13.3. The van der Waals surface area contributed by atoms with Gasteiger partial charge in [-0.3, -0.25) is 0 Å². The van der Waals surface area contributed by atoms with E-state index in [2.05, 4.69) is 0 Å². The zero-order valence-corrected chi connectivity index (χ0v) is 11.3. The first-order chi connectivity index (χ1) is 7.86. The van der Waals surface area contributed by atoms with E-state index in [-0.39, 0.29) is 5.41 Å². The number of hydrogen-bond acceptors (Lipinski definition) is 4. The SMILES string of the molecule is CS(=O)(=O)C1CCCC1(O)C1(CN)CCCC1. The summed E-state index contributed by atoms with van der Waals surface area (Å²) >= 11 is 0. The van der Waals surface area contributed by atoms with Gasteiger partial charge in [0, 0.05) is 18.2 Å². The van der Waals surface area contributed by atoms with Gasteiger partial charge in [-0.05, 0) is 32.1 Å². The van der Waals surface area contributed by atoms with Crippen LogP contribution in [0.3, 0.4) is 0 Å². The average molecular weight is 261 g/mol. The predicted molar refractivity (Wildman–Crippen MR) is 67.4 cm³/mol. The third-order valence-electron chi connectivity index (χ3n) is 4.94. The van der Waals surface area contributed by atoms with Gasteiger partial charge in [0.05, 0.1) is 10.9 Å². The molecule has 0 bridgehead atoms. The quantitative estimate of drug-likeness (QED) is 0.788. The summed E-state index contributed by atoms with van der Waals surface area (Å²) in [5.74, 6) is 0. The maximum absolute atomic E-state index is 11.9. The standard InChI is InChI=1S/C12H23NO3S/c1-17(15,16)10-5-4-8-12(10,14)11(9-13)6-2-3-7-11/h10,14H,2-9,13H2,1H3. The second-order valence-corrected chi connectivity index (χ2v) is 8.05. The van der Waals surface area contributed by atoms with E-state index in [1.165, 1.54) is 6.26 Å². The molecule has 0 aliphatic heterocycles. The maximum atomic E-state index is 11.9. The number of sulfone groups is 1. The van der Waals surface area contributed by atoms with Crippen LogP contribution in [0.5, 0.6) is 0 Å². The molecule has 17 heavy (non-hydrogen) atoms. The van der Waals surface area contributed by atoms with Gasteiger partial charge in [0.15, 0.2) is 9.84 Å². The Balaban J connectivity index is 2.40. The Morgan fingerprint density at radius 2 is 1.82 bits per heavy atom. The molecule has 2 atom stereocenters. The van der Waals surface area contributed by atoms with Crippen molar-refractivity contribution >= 4 is 9.84 Å². The van der Waals surface area contributed by atoms with Crippen LogP contribution >= 0.6 is 0 Å². The van der Waals surface area contributed by atoms with Gasteiger partial charge in [0.1, 0.15) is 0 Å². The molecule has 0 saturated heterocycles. The van der Waals surface area contributed by atoms with Gasteiger partial charge in [-0.2, -0.15) is 0 Å². The number of rotatable bonds is 3. The summed E-state index contributed by atoms with van der Waals surface area (Å²) in [6.45, 7) is 0.398. The predicted octanol–water partition coefficient (Wildman–Crippen LogP) is 0.834. The minimum absolute atomic E-state index is 0.364. The molecular weight excluding hydrogens is 238 g/mol. The molecule has 0 aromatic rings. The first-order valence-corrected chi connectivity index (χ1v) is 8.42. The zero-order valence-electron chi connectivity index (χ0n) is 10.5. The smallest absolute Gasteiger partial charge is 0.153 e. The van der Waals surface area contributed by atoms with Crippen LogP contribution in [0.2, 0.25) is 0 Å². The van der Waals surface area contributed by atoms with Crippen LogP contribution in [0.25, 0.3) is 0 Å². The molecule has 2 unspecified atom stereocenters. The lowest BCUT2D eigenvalue weighted by Gasteiger charge is -2.45. The molecule has 0 heterocycles. The lowest BCUT2D eigenvalue weighted by molar-refractivity contribution is -0.0696. The van der Waals surface area contributed by atoms with Crippen molar-refractivity contribution in [2.45, 2.75) is 55.8 Å². The average Bonchev–Trinajstić information content (AvgIpc) is 2.83. The van der Waals surface area contributed by atoms with E-state index >= 15 is 0 Å². The fraction of sp³-hybridized carbons (Fsp3) is 1.00. The molecule has 0 aromatic heterocycles. The second-order valence-electron chi connectivity index (χ2n) is 5.83. The molecule has 5 heteroatoms.